The fourth-order valence-electron chi connectivity index (χ4n) is 4.63. The second-order valence-corrected chi connectivity index (χ2v) is 8.91. The molecule has 2 aromatic carbocycles. The molecule has 0 radical (unpaired) electrons. The van der Waals surface area contributed by atoms with Gasteiger partial charge < -0.3 is 54.7 Å². The summed E-state index contributed by atoms with van der Waals surface area (Å²) in [5.41, 5.74) is 2.04. The molecule has 0 amide bonds. The van der Waals surface area contributed by atoms with Gasteiger partial charge in [0.05, 0.1) is 26.2 Å². The second-order valence-electron chi connectivity index (χ2n) is 8.91. The predicted molar refractivity (Wildman–Crippen MR) is 124 cm³/mol. The number of aliphatic hydroxyl groups is 6. The Balaban J connectivity index is 1.71. The topological polar surface area (TPSA) is 179 Å². The van der Waals surface area contributed by atoms with E-state index in [2.05, 4.69) is 0 Å². The molecule has 2 aromatic rings. The Labute approximate surface area is 207 Å². The minimum atomic E-state index is -1.62. The number of phenols is 1. The lowest BCUT2D eigenvalue weighted by Gasteiger charge is -2.39. The van der Waals surface area contributed by atoms with Gasteiger partial charge in [0, 0.05) is 12.2 Å². The van der Waals surface area contributed by atoms with Crippen LogP contribution in [0.25, 0.3) is 0 Å². The summed E-state index contributed by atoms with van der Waals surface area (Å²) < 4.78 is 22.9. The zero-order chi connectivity index (χ0) is 26.0. The highest BCUT2D eigenvalue weighted by molar-refractivity contribution is 5.56. The Morgan fingerprint density at radius 3 is 2.36 bits per heavy atom. The zero-order valence-electron chi connectivity index (χ0n) is 19.7. The molecule has 1 unspecified atom stereocenters. The Bertz CT molecular complexity index is 1040. The Morgan fingerprint density at radius 1 is 0.917 bits per heavy atom. The van der Waals surface area contributed by atoms with Crippen LogP contribution >= 0.6 is 0 Å². The molecule has 0 aromatic heterocycles. The number of methoxy groups -OCH3 is 1. The van der Waals surface area contributed by atoms with Crippen molar-refractivity contribution in [1.29, 1.82) is 0 Å². The highest BCUT2D eigenvalue weighted by Crippen LogP contribution is 2.52. The molecule has 0 bridgehead atoms. The number of hydrogen-bond acceptors (Lipinski definition) is 11. The maximum Gasteiger partial charge on any atom is 0.229 e. The van der Waals surface area contributed by atoms with Crippen molar-refractivity contribution in [1.82, 2.24) is 0 Å². The lowest BCUT2D eigenvalue weighted by Crippen LogP contribution is -2.60. The number of aliphatic hydroxyl groups excluding tert-OH is 6. The molecule has 36 heavy (non-hydrogen) atoms. The fraction of sp³-hybridized carbons (Fsp3) is 0.520. The van der Waals surface area contributed by atoms with E-state index in [1.807, 2.05) is 6.07 Å². The number of hydrogen-bond donors (Lipinski definition) is 7. The first kappa shape index (κ1) is 26.4. The van der Waals surface area contributed by atoms with E-state index in [-0.39, 0.29) is 36.2 Å². The average Bonchev–Trinajstić information content (AvgIpc) is 3.26. The van der Waals surface area contributed by atoms with Crippen LogP contribution in [0, 0.1) is 0 Å². The van der Waals surface area contributed by atoms with Crippen LogP contribution in [0.4, 0.5) is 0 Å². The molecular formula is C25H32O11. The average molecular weight is 509 g/mol. The Kier molecular flexibility index (Phi) is 8.20. The van der Waals surface area contributed by atoms with Gasteiger partial charge in [-0.05, 0) is 42.2 Å². The molecule has 0 spiro atoms. The molecular weight excluding hydrogens is 476 g/mol. The van der Waals surface area contributed by atoms with E-state index < -0.39 is 49.3 Å². The van der Waals surface area contributed by atoms with Gasteiger partial charge in [-0.15, -0.1) is 0 Å². The van der Waals surface area contributed by atoms with Crippen LogP contribution in [-0.4, -0.2) is 93.4 Å². The van der Waals surface area contributed by atoms with Crippen LogP contribution in [0.1, 0.15) is 35.1 Å². The molecule has 1 saturated heterocycles. The third-order valence-electron chi connectivity index (χ3n) is 6.60. The Morgan fingerprint density at radius 2 is 1.69 bits per heavy atom. The van der Waals surface area contributed by atoms with Gasteiger partial charge in [0.15, 0.2) is 23.0 Å². The van der Waals surface area contributed by atoms with E-state index in [0.29, 0.717) is 24.0 Å². The lowest BCUT2D eigenvalue weighted by molar-refractivity contribution is -0.277. The van der Waals surface area contributed by atoms with E-state index in [1.165, 1.54) is 13.2 Å². The van der Waals surface area contributed by atoms with Crippen molar-refractivity contribution >= 4 is 0 Å². The van der Waals surface area contributed by atoms with Crippen molar-refractivity contribution in [3.8, 4) is 23.0 Å². The number of aromatic hydroxyl groups is 1. The molecule has 2 aliphatic rings. The summed E-state index contributed by atoms with van der Waals surface area (Å²) in [5.74, 6) is 0.133. The van der Waals surface area contributed by atoms with Crippen LogP contribution in [-0.2, 0) is 11.2 Å². The first-order valence-corrected chi connectivity index (χ1v) is 11.7. The molecule has 2 heterocycles. The van der Waals surface area contributed by atoms with Crippen molar-refractivity contribution in [2.75, 3.05) is 26.9 Å². The van der Waals surface area contributed by atoms with Gasteiger partial charge in [0.25, 0.3) is 0 Å². The van der Waals surface area contributed by atoms with E-state index in [0.717, 1.165) is 5.56 Å². The number of rotatable bonds is 9. The van der Waals surface area contributed by atoms with Crippen molar-refractivity contribution in [3.05, 3.63) is 47.0 Å². The van der Waals surface area contributed by atoms with Gasteiger partial charge in [0.1, 0.15) is 30.5 Å². The molecule has 11 heteroatoms. The lowest BCUT2D eigenvalue weighted by atomic mass is 9.90. The van der Waals surface area contributed by atoms with E-state index in [4.69, 9.17) is 18.9 Å². The monoisotopic (exact) mass is 508 g/mol. The van der Waals surface area contributed by atoms with E-state index in [1.54, 1.807) is 18.2 Å². The summed E-state index contributed by atoms with van der Waals surface area (Å²) in [5, 5.41) is 69.7. The molecule has 0 saturated carbocycles. The number of ether oxygens (including phenoxy) is 4. The van der Waals surface area contributed by atoms with Gasteiger partial charge in [-0.2, -0.15) is 0 Å². The number of fused-ring (bicyclic) bond motifs is 1. The SMILES string of the molecule is COc1cc([C@H]2Oc3c(O[C@@H]4O[C@H](CO)[C@@H](O)[C@H](O)[C@H]4O)cc(CCCO)cc3C2CO)ccc1O. The first-order chi connectivity index (χ1) is 17.3. The highest BCUT2D eigenvalue weighted by atomic mass is 16.7. The van der Waals surface area contributed by atoms with Gasteiger partial charge >= 0.3 is 0 Å². The molecule has 198 valence electrons. The molecule has 7 N–H and O–H groups in total. The van der Waals surface area contributed by atoms with E-state index >= 15 is 0 Å². The van der Waals surface area contributed by atoms with Crippen LogP contribution in [0.15, 0.2) is 30.3 Å². The van der Waals surface area contributed by atoms with Gasteiger partial charge in [-0.1, -0.05) is 12.1 Å². The van der Waals surface area contributed by atoms with Crippen molar-refractivity contribution in [3.63, 3.8) is 0 Å². The third-order valence-corrected chi connectivity index (χ3v) is 6.60. The van der Waals surface area contributed by atoms with Gasteiger partial charge in [-0.3, -0.25) is 0 Å². The van der Waals surface area contributed by atoms with Gasteiger partial charge in [0.2, 0.25) is 6.29 Å². The minimum Gasteiger partial charge on any atom is -0.504 e. The number of aryl methyl sites for hydroxylation is 1. The maximum absolute atomic E-state index is 10.5. The summed E-state index contributed by atoms with van der Waals surface area (Å²) >= 11 is 0. The largest absolute Gasteiger partial charge is 0.504 e. The third kappa shape index (κ3) is 4.96. The second kappa shape index (κ2) is 11.2. The molecule has 11 nitrogen and oxygen atoms in total. The summed E-state index contributed by atoms with van der Waals surface area (Å²) in [6, 6.07) is 8.24. The van der Waals surface area contributed by atoms with Crippen molar-refractivity contribution in [2.45, 2.75) is 55.6 Å². The molecule has 1 fully saturated rings. The molecule has 2 aliphatic heterocycles. The maximum atomic E-state index is 10.5. The van der Waals surface area contributed by atoms with E-state index in [9.17, 15) is 35.7 Å². The first-order valence-electron chi connectivity index (χ1n) is 11.7. The Hall–Kier alpha value is -2.64. The smallest absolute Gasteiger partial charge is 0.229 e. The molecule has 7 atom stereocenters. The predicted octanol–water partition coefficient (Wildman–Crippen LogP) is -0.286. The molecule has 0 aliphatic carbocycles. The standard InChI is InChI=1S/C25H32O11/c1-33-17-9-13(4-5-16(17)29)23-15(10-27)14-7-12(3-2-6-26)8-18(24(14)36-23)34-25-22(32)21(31)20(30)19(11-28)35-25/h4-5,7-9,15,19-23,25-32H,2-3,6,10-11H2,1H3/t15?,19-,20-,21+,22-,23-,25-/m1/s1. The normalized spacial score (nSPS) is 29.5. The highest BCUT2D eigenvalue weighted by Gasteiger charge is 2.46. The van der Waals surface area contributed by atoms with Crippen LogP contribution in [0.3, 0.4) is 0 Å². The van der Waals surface area contributed by atoms with Gasteiger partial charge in [-0.25, -0.2) is 0 Å². The summed E-state index contributed by atoms with van der Waals surface area (Å²) in [4.78, 5) is 0. The molecule has 4 rings (SSSR count). The number of benzene rings is 2. The summed E-state index contributed by atoms with van der Waals surface area (Å²) in [7, 11) is 1.42. The van der Waals surface area contributed by atoms with Crippen LogP contribution < -0.4 is 14.2 Å². The van der Waals surface area contributed by atoms with Crippen molar-refractivity contribution in [2.24, 2.45) is 0 Å². The van der Waals surface area contributed by atoms with Crippen molar-refractivity contribution < 1.29 is 54.7 Å². The number of phenolic OH excluding ortho intramolecular Hbond substituents is 1. The quantitative estimate of drug-likeness (QED) is 0.237. The zero-order valence-corrected chi connectivity index (χ0v) is 19.7. The summed E-state index contributed by atoms with van der Waals surface area (Å²) in [6.45, 7) is -0.910. The fourth-order valence-corrected chi connectivity index (χ4v) is 4.63. The van der Waals surface area contributed by atoms with Crippen LogP contribution in [0.2, 0.25) is 0 Å². The minimum absolute atomic E-state index is 0.0319. The van der Waals surface area contributed by atoms with Crippen LogP contribution in [0.5, 0.6) is 23.0 Å². The summed E-state index contributed by atoms with van der Waals surface area (Å²) in [6.07, 6.45) is -7.04.